The van der Waals surface area contributed by atoms with E-state index in [-0.39, 0.29) is 5.56 Å². The third-order valence-electron chi connectivity index (χ3n) is 5.45. The van der Waals surface area contributed by atoms with Crippen molar-refractivity contribution in [2.24, 2.45) is 5.92 Å². The lowest BCUT2D eigenvalue weighted by Crippen LogP contribution is -2.27. The highest BCUT2D eigenvalue weighted by atomic mass is 16.5. The van der Waals surface area contributed by atoms with Crippen LogP contribution in [0, 0.1) is 19.8 Å². The molecule has 0 radical (unpaired) electrons. The predicted molar refractivity (Wildman–Crippen MR) is 92.1 cm³/mol. The lowest BCUT2D eigenvalue weighted by atomic mass is 10.1. The van der Waals surface area contributed by atoms with Gasteiger partial charge in [-0.3, -0.25) is 9.69 Å². The van der Waals surface area contributed by atoms with Crippen LogP contribution < -0.4 is 5.56 Å². The molecule has 2 aromatic heterocycles. The highest BCUT2D eigenvalue weighted by Crippen LogP contribution is 2.31. The summed E-state index contributed by atoms with van der Waals surface area (Å²) in [5.41, 5.74) is 4.96. The largest absolute Gasteiger partial charge is 0.361 e. The lowest BCUT2D eigenvalue weighted by molar-refractivity contribution is 0.275. The maximum Gasteiger partial charge on any atom is 0.250 e. The maximum atomic E-state index is 12.3. The zero-order valence-corrected chi connectivity index (χ0v) is 14.5. The van der Waals surface area contributed by atoms with Gasteiger partial charge in [0.2, 0.25) is 0 Å². The molecule has 0 bridgehead atoms. The molecule has 3 heterocycles. The van der Waals surface area contributed by atoms with Gasteiger partial charge in [-0.05, 0) is 44.6 Å². The number of hydrogen-bond donors (Lipinski definition) is 0. The maximum absolute atomic E-state index is 12.3. The van der Waals surface area contributed by atoms with Crippen LogP contribution in [0.25, 0.3) is 0 Å². The normalized spacial score (nSPS) is 18.4. The molecule has 1 fully saturated rings. The number of fused-ring (bicyclic) bond motifs is 1. The van der Waals surface area contributed by atoms with Crippen molar-refractivity contribution in [3.8, 4) is 0 Å². The van der Waals surface area contributed by atoms with Crippen molar-refractivity contribution in [1.29, 1.82) is 0 Å². The highest BCUT2D eigenvalue weighted by Gasteiger charge is 2.25. The monoisotopic (exact) mass is 327 g/mol. The summed E-state index contributed by atoms with van der Waals surface area (Å²) in [7, 11) is 0. The fourth-order valence-electron chi connectivity index (χ4n) is 3.71. The Morgan fingerprint density at radius 1 is 1.21 bits per heavy atom. The zero-order chi connectivity index (χ0) is 16.7. The highest BCUT2D eigenvalue weighted by molar-refractivity contribution is 5.25. The molecule has 5 heteroatoms. The van der Waals surface area contributed by atoms with Crippen LogP contribution in [0.15, 0.2) is 21.5 Å². The molecule has 1 aliphatic heterocycles. The molecule has 128 valence electrons. The minimum atomic E-state index is 0.167. The summed E-state index contributed by atoms with van der Waals surface area (Å²) < 4.78 is 7.34. The molecule has 0 N–H and O–H groups in total. The second-order valence-corrected chi connectivity index (χ2v) is 7.28. The molecule has 2 aromatic rings. The van der Waals surface area contributed by atoms with Gasteiger partial charge < -0.3 is 9.09 Å². The van der Waals surface area contributed by atoms with Gasteiger partial charge in [0.25, 0.3) is 5.56 Å². The van der Waals surface area contributed by atoms with Gasteiger partial charge in [0, 0.05) is 49.9 Å². The molecule has 0 amide bonds. The first-order valence-electron chi connectivity index (χ1n) is 8.97. The van der Waals surface area contributed by atoms with E-state index >= 15 is 0 Å². The Morgan fingerprint density at radius 3 is 2.71 bits per heavy atom. The van der Waals surface area contributed by atoms with Crippen LogP contribution in [0.4, 0.5) is 0 Å². The Kier molecular flexibility index (Phi) is 4.04. The van der Waals surface area contributed by atoms with Crippen LogP contribution in [0.3, 0.4) is 0 Å². The number of hydrogen-bond acceptors (Lipinski definition) is 4. The third-order valence-corrected chi connectivity index (χ3v) is 5.45. The van der Waals surface area contributed by atoms with Crippen LogP contribution in [0.2, 0.25) is 0 Å². The van der Waals surface area contributed by atoms with Gasteiger partial charge >= 0.3 is 0 Å². The summed E-state index contributed by atoms with van der Waals surface area (Å²) >= 11 is 0. The Labute approximate surface area is 142 Å². The number of nitrogens with zero attached hydrogens (tertiary/aromatic N) is 3. The van der Waals surface area contributed by atoms with Gasteiger partial charge in [-0.15, -0.1) is 0 Å². The first-order valence-corrected chi connectivity index (χ1v) is 8.97. The second kappa shape index (κ2) is 6.20. The van der Waals surface area contributed by atoms with Gasteiger partial charge in [-0.25, -0.2) is 0 Å². The minimum Gasteiger partial charge on any atom is -0.361 e. The van der Waals surface area contributed by atoms with Gasteiger partial charge in [-0.1, -0.05) is 11.2 Å². The molecule has 0 unspecified atom stereocenters. The molecular weight excluding hydrogens is 302 g/mol. The first kappa shape index (κ1) is 15.6. The van der Waals surface area contributed by atoms with Crippen molar-refractivity contribution in [3.05, 3.63) is 50.8 Å². The number of rotatable bonds is 4. The van der Waals surface area contributed by atoms with E-state index in [0.717, 1.165) is 56.4 Å². The van der Waals surface area contributed by atoms with Crippen LogP contribution in [0.1, 0.15) is 41.1 Å². The molecule has 5 nitrogen and oxygen atoms in total. The predicted octanol–water partition coefficient (Wildman–Crippen LogP) is 2.46. The Hall–Kier alpha value is -1.88. The van der Waals surface area contributed by atoms with E-state index in [0.29, 0.717) is 0 Å². The summed E-state index contributed by atoms with van der Waals surface area (Å²) in [4.78, 5) is 14.8. The van der Waals surface area contributed by atoms with Gasteiger partial charge in [0.15, 0.2) is 0 Å². The van der Waals surface area contributed by atoms with Crippen LogP contribution in [-0.4, -0.2) is 27.7 Å². The van der Waals surface area contributed by atoms with Crippen molar-refractivity contribution in [2.45, 2.75) is 52.6 Å². The molecule has 1 aliphatic carbocycles. The van der Waals surface area contributed by atoms with Crippen molar-refractivity contribution in [3.63, 3.8) is 0 Å². The van der Waals surface area contributed by atoms with Crippen molar-refractivity contribution in [2.75, 3.05) is 13.1 Å². The van der Waals surface area contributed by atoms with Crippen molar-refractivity contribution >= 4 is 0 Å². The van der Waals surface area contributed by atoms with E-state index in [2.05, 4.69) is 10.1 Å². The number of pyridine rings is 1. The summed E-state index contributed by atoms with van der Waals surface area (Å²) in [6, 6.07) is 3.80. The summed E-state index contributed by atoms with van der Waals surface area (Å²) in [6.45, 7) is 7.76. The fraction of sp³-hybridized carbons (Fsp3) is 0.579. The smallest absolute Gasteiger partial charge is 0.250 e. The van der Waals surface area contributed by atoms with Gasteiger partial charge in [-0.2, -0.15) is 0 Å². The summed E-state index contributed by atoms with van der Waals surface area (Å²) in [6.07, 6.45) is 4.49. The van der Waals surface area contributed by atoms with Crippen LogP contribution >= 0.6 is 0 Å². The SMILES string of the molecule is Cc1noc(C)c1CN1CCc2ccc(=O)n(CC3CC3)c2CC1. The van der Waals surface area contributed by atoms with E-state index in [9.17, 15) is 4.79 Å². The van der Waals surface area contributed by atoms with Crippen molar-refractivity contribution in [1.82, 2.24) is 14.6 Å². The lowest BCUT2D eigenvalue weighted by Gasteiger charge is -2.19. The number of aromatic nitrogens is 2. The molecule has 24 heavy (non-hydrogen) atoms. The van der Waals surface area contributed by atoms with Crippen molar-refractivity contribution < 1.29 is 4.52 Å². The van der Waals surface area contributed by atoms with Crippen LogP contribution in [-0.2, 0) is 25.9 Å². The van der Waals surface area contributed by atoms with E-state index < -0.39 is 0 Å². The molecule has 0 atom stereocenters. The van der Waals surface area contributed by atoms with E-state index in [1.807, 2.05) is 24.5 Å². The Balaban J connectivity index is 1.54. The third kappa shape index (κ3) is 3.05. The van der Waals surface area contributed by atoms with E-state index in [4.69, 9.17) is 4.52 Å². The quantitative estimate of drug-likeness (QED) is 0.865. The van der Waals surface area contributed by atoms with Gasteiger partial charge in [0.1, 0.15) is 5.76 Å². The topological polar surface area (TPSA) is 51.3 Å². The average molecular weight is 327 g/mol. The molecule has 2 aliphatic rings. The molecule has 4 rings (SSSR count). The summed E-state index contributed by atoms with van der Waals surface area (Å²) in [5.74, 6) is 1.63. The standard InChI is InChI=1S/C19H25N3O2/c1-13-17(14(2)24-20-13)12-21-9-7-16-5-6-19(23)22(11-15-3-4-15)18(16)8-10-21/h5-6,15H,3-4,7-12H2,1-2H3. The van der Waals surface area contributed by atoms with Gasteiger partial charge in [0.05, 0.1) is 5.69 Å². The fourth-order valence-corrected chi connectivity index (χ4v) is 3.71. The van der Waals surface area contributed by atoms with E-state index in [1.54, 1.807) is 6.07 Å². The molecule has 0 aromatic carbocycles. The molecule has 0 saturated heterocycles. The molecule has 1 saturated carbocycles. The molecule has 0 spiro atoms. The Morgan fingerprint density at radius 2 is 2.00 bits per heavy atom. The Bertz CT molecular complexity index is 782. The summed E-state index contributed by atoms with van der Waals surface area (Å²) in [5, 5.41) is 4.06. The number of aryl methyl sites for hydroxylation is 2. The zero-order valence-electron chi connectivity index (χ0n) is 14.5. The minimum absolute atomic E-state index is 0.167. The molecular formula is C19H25N3O2. The van der Waals surface area contributed by atoms with Crippen LogP contribution in [0.5, 0.6) is 0 Å². The second-order valence-electron chi connectivity index (χ2n) is 7.28. The first-order chi connectivity index (χ1) is 11.6. The van der Waals surface area contributed by atoms with E-state index in [1.165, 1.54) is 29.7 Å². The average Bonchev–Trinajstić information content (AvgIpc) is 3.35.